The van der Waals surface area contributed by atoms with Crippen molar-refractivity contribution in [3.63, 3.8) is 0 Å². The number of anilines is 2. The number of pyridine rings is 2. The number of aromatic nitrogens is 2. The molecule has 0 bridgehead atoms. The van der Waals surface area contributed by atoms with E-state index in [1.54, 1.807) is 6.20 Å². The fourth-order valence-corrected chi connectivity index (χ4v) is 5.71. The van der Waals surface area contributed by atoms with Crippen LogP contribution in [0.3, 0.4) is 0 Å². The van der Waals surface area contributed by atoms with Crippen molar-refractivity contribution in [2.45, 2.75) is 50.6 Å². The Kier molecular flexibility index (Phi) is 8.08. The zero-order valence-electron chi connectivity index (χ0n) is 21.0. The summed E-state index contributed by atoms with van der Waals surface area (Å²) in [5.41, 5.74) is 1.14. The van der Waals surface area contributed by atoms with Crippen LogP contribution in [0.25, 0.3) is 11.3 Å². The highest BCUT2D eigenvalue weighted by Crippen LogP contribution is 2.32. The molecule has 1 saturated carbocycles. The number of piperazine rings is 1. The maximum Gasteiger partial charge on any atom is 0.234 e. The molecular formula is C27H34ClN7O2. The number of halogens is 1. The van der Waals surface area contributed by atoms with Crippen molar-refractivity contribution in [2.24, 2.45) is 5.41 Å². The second kappa shape index (κ2) is 11.6. The third-order valence-corrected chi connectivity index (χ3v) is 8.11. The number of carbonyl (C=O) groups excluding carboxylic acids is 1. The van der Waals surface area contributed by atoms with Crippen molar-refractivity contribution in [3.05, 3.63) is 35.5 Å². The van der Waals surface area contributed by atoms with E-state index in [2.05, 4.69) is 31.9 Å². The number of amides is 1. The standard InChI is InChI=1S/C27H34ClN7O2/c28-22-15-31-25(33-19-4-6-20(7-5-19)35-11-10-30-26(36)16-35)14-21(22)23-2-1-3-24(34-23)32-18-27(17-29)8-12-37-13-9-27/h1-3,14-15,19-20H,4-13,16,18H2,(H,30,36)(H,31,33)(H,32,34). The Morgan fingerprint density at radius 1 is 1.22 bits per heavy atom. The van der Waals surface area contributed by atoms with Gasteiger partial charge in [-0.3, -0.25) is 9.69 Å². The summed E-state index contributed by atoms with van der Waals surface area (Å²) in [6, 6.07) is 11.0. The number of nitrogens with zero attached hydrogens (tertiary/aromatic N) is 4. The van der Waals surface area contributed by atoms with Gasteiger partial charge in [0, 0.05) is 56.7 Å². The molecule has 2 aromatic heterocycles. The predicted octanol–water partition coefficient (Wildman–Crippen LogP) is 3.68. The number of nitriles is 1. The molecule has 37 heavy (non-hydrogen) atoms. The van der Waals surface area contributed by atoms with E-state index in [0.29, 0.717) is 49.2 Å². The molecule has 3 fully saturated rings. The van der Waals surface area contributed by atoms with Crippen molar-refractivity contribution in [3.8, 4) is 17.3 Å². The van der Waals surface area contributed by atoms with Gasteiger partial charge in [0.25, 0.3) is 0 Å². The molecular weight excluding hydrogens is 490 g/mol. The van der Waals surface area contributed by atoms with Gasteiger partial charge in [0.15, 0.2) is 0 Å². The normalized spacial score (nSPS) is 24.1. The van der Waals surface area contributed by atoms with Gasteiger partial charge < -0.3 is 20.7 Å². The monoisotopic (exact) mass is 523 g/mol. The zero-order valence-corrected chi connectivity index (χ0v) is 21.8. The third kappa shape index (κ3) is 6.32. The smallest absolute Gasteiger partial charge is 0.234 e. The zero-order chi connectivity index (χ0) is 25.7. The molecule has 2 saturated heterocycles. The highest BCUT2D eigenvalue weighted by atomic mass is 35.5. The van der Waals surface area contributed by atoms with Gasteiger partial charge in [-0.05, 0) is 56.7 Å². The van der Waals surface area contributed by atoms with Gasteiger partial charge in [-0.15, -0.1) is 0 Å². The summed E-state index contributed by atoms with van der Waals surface area (Å²) < 4.78 is 5.43. The van der Waals surface area contributed by atoms with E-state index in [1.807, 2.05) is 24.3 Å². The first-order valence-electron chi connectivity index (χ1n) is 13.2. The van der Waals surface area contributed by atoms with E-state index in [9.17, 15) is 10.1 Å². The quantitative estimate of drug-likeness (QED) is 0.503. The van der Waals surface area contributed by atoms with Crippen LogP contribution in [0.2, 0.25) is 5.02 Å². The van der Waals surface area contributed by atoms with Gasteiger partial charge in [-0.25, -0.2) is 9.97 Å². The first-order valence-corrected chi connectivity index (χ1v) is 13.5. The SMILES string of the molecule is N#CC1(CNc2cccc(-c3cc(NC4CCC(N5CCNC(=O)C5)CC4)ncc3Cl)n2)CCOCC1. The molecule has 9 nitrogen and oxygen atoms in total. The molecule has 5 rings (SSSR count). The minimum atomic E-state index is -0.430. The Labute approximate surface area is 222 Å². The molecule has 3 aliphatic rings. The largest absolute Gasteiger partial charge is 0.381 e. The van der Waals surface area contributed by atoms with Crippen molar-refractivity contribution in [2.75, 3.05) is 50.0 Å². The molecule has 1 aliphatic carbocycles. The number of nitrogens with one attached hydrogen (secondary N) is 3. The topological polar surface area (TPSA) is 115 Å². The Morgan fingerprint density at radius 2 is 2.03 bits per heavy atom. The Morgan fingerprint density at radius 3 is 2.78 bits per heavy atom. The van der Waals surface area contributed by atoms with Crippen LogP contribution in [0, 0.1) is 16.7 Å². The molecule has 0 radical (unpaired) electrons. The number of carbonyl (C=O) groups is 1. The lowest BCUT2D eigenvalue weighted by atomic mass is 9.82. The molecule has 2 aliphatic heterocycles. The molecule has 0 unspecified atom stereocenters. The molecule has 0 aromatic carbocycles. The van der Waals surface area contributed by atoms with Crippen molar-refractivity contribution in [1.29, 1.82) is 5.26 Å². The number of hydrogen-bond donors (Lipinski definition) is 3. The Hall–Kier alpha value is -2.93. The summed E-state index contributed by atoms with van der Waals surface area (Å²) >= 11 is 6.54. The number of hydrogen-bond acceptors (Lipinski definition) is 8. The molecule has 10 heteroatoms. The summed E-state index contributed by atoms with van der Waals surface area (Å²) in [6.45, 7) is 3.95. The first-order chi connectivity index (χ1) is 18.0. The Balaban J connectivity index is 1.21. The third-order valence-electron chi connectivity index (χ3n) is 7.81. The maximum atomic E-state index is 11.7. The van der Waals surface area contributed by atoms with Crippen LogP contribution < -0.4 is 16.0 Å². The first kappa shape index (κ1) is 25.7. The fourth-order valence-electron chi connectivity index (χ4n) is 5.51. The van der Waals surface area contributed by atoms with Crippen LogP contribution in [0.5, 0.6) is 0 Å². The number of ether oxygens (including phenoxy) is 1. The van der Waals surface area contributed by atoms with Gasteiger partial charge in [0.1, 0.15) is 11.6 Å². The average molecular weight is 524 g/mol. The van der Waals surface area contributed by atoms with Gasteiger partial charge in [-0.1, -0.05) is 17.7 Å². The van der Waals surface area contributed by atoms with E-state index >= 15 is 0 Å². The summed E-state index contributed by atoms with van der Waals surface area (Å²) in [5.74, 6) is 1.63. The van der Waals surface area contributed by atoms with Gasteiger partial charge in [0.05, 0.1) is 28.7 Å². The summed E-state index contributed by atoms with van der Waals surface area (Å²) in [4.78, 5) is 23.4. The van der Waals surface area contributed by atoms with Gasteiger partial charge >= 0.3 is 0 Å². The second-order valence-corrected chi connectivity index (χ2v) is 10.7. The van der Waals surface area contributed by atoms with Crippen molar-refractivity contribution in [1.82, 2.24) is 20.2 Å². The van der Waals surface area contributed by atoms with E-state index in [1.165, 1.54) is 0 Å². The highest BCUT2D eigenvalue weighted by Gasteiger charge is 2.33. The molecule has 0 atom stereocenters. The average Bonchev–Trinajstić information content (AvgIpc) is 2.94. The lowest BCUT2D eigenvalue weighted by molar-refractivity contribution is -0.125. The molecule has 0 spiro atoms. The van der Waals surface area contributed by atoms with Crippen molar-refractivity contribution >= 4 is 29.1 Å². The minimum Gasteiger partial charge on any atom is -0.381 e. The van der Waals surface area contributed by atoms with Crippen LogP contribution in [-0.2, 0) is 9.53 Å². The van der Waals surface area contributed by atoms with Crippen LogP contribution in [0.15, 0.2) is 30.5 Å². The van der Waals surface area contributed by atoms with Crippen LogP contribution in [0.1, 0.15) is 38.5 Å². The number of rotatable bonds is 7. The molecule has 4 heterocycles. The van der Waals surface area contributed by atoms with E-state index in [-0.39, 0.29) is 5.91 Å². The van der Waals surface area contributed by atoms with E-state index < -0.39 is 5.41 Å². The second-order valence-electron chi connectivity index (χ2n) is 10.3. The Bertz CT molecular complexity index is 1140. The summed E-state index contributed by atoms with van der Waals surface area (Å²) in [7, 11) is 0. The van der Waals surface area contributed by atoms with Gasteiger partial charge in [-0.2, -0.15) is 5.26 Å². The molecule has 196 valence electrons. The lowest BCUT2D eigenvalue weighted by Gasteiger charge is -2.38. The fraction of sp³-hybridized carbons (Fsp3) is 0.556. The summed E-state index contributed by atoms with van der Waals surface area (Å²) in [5, 5.41) is 20.1. The molecule has 1 amide bonds. The molecule has 3 N–H and O–H groups in total. The maximum absolute atomic E-state index is 11.7. The van der Waals surface area contributed by atoms with Crippen LogP contribution >= 0.6 is 11.6 Å². The summed E-state index contributed by atoms with van der Waals surface area (Å²) in [6.07, 6.45) is 7.31. The predicted molar refractivity (Wildman–Crippen MR) is 143 cm³/mol. The molecule has 2 aromatic rings. The van der Waals surface area contributed by atoms with Crippen LogP contribution in [0.4, 0.5) is 11.6 Å². The minimum absolute atomic E-state index is 0.130. The highest BCUT2D eigenvalue weighted by molar-refractivity contribution is 6.33. The van der Waals surface area contributed by atoms with E-state index in [0.717, 1.165) is 68.7 Å². The van der Waals surface area contributed by atoms with E-state index in [4.69, 9.17) is 21.3 Å². The van der Waals surface area contributed by atoms with Crippen LogP contribution in [-0.4, -0.2) is 72.3 Å². The van der Waals surface area contributed by atoms with Gasteiger partial charge in [0.2, 0.25) is 5.91 Å². The van der Waals surface area contributed by atoms with Crippen molar-refractivity contribution < 1.29 is 9.53 Å². The lowest BCUT2D eigenvalue weighted by Crippen LogP contribution is -2.52.